The maximum absolute atomic E-state index is 11.3. The number of carbonyl (C=O) groups excluding carboxylic acids is 1. The molecule has 2 rings (SSSR count). The summed E-state index contributed by atoms with van der Waals surface area (Å²) in [5, 5.41) is 6.35. The molecule has 4 nitrogen and oxygen atoms in total. The van der Waals surface area contributed by atoms with Crippen LogP contribution in [0.4, 0.5) is 5.69 Å². The Morgan fingerprint density at radius 1 is 1.00 bits per heavy atom. The van der Waals surface area contributed by atoms with Crippen LogP contribution in [0, 0.1) is 0 Å². The monoisotopic (exact) mass is 294 g/mol. The summed E-state index contributed by atoms with van der Waals surface area (Å²) < 4.78 is 4.63. The zero-order valence-electron chi connectivity index (χ0n) is 12.6. The van der Waals surface area contributed by atoms with E-state index in [1.54, 1.807) is 11.1 Å². The van der Waals surface area contributed by atoms with Crippen LogP contribution in [0.3, 0.4) is 0 Å². The Morgan fingerprint density at radius 2 is 1.59 bits per heavy atom. The van der Waals surface area contributed by atoms with Crippen molar-refractivity contribution in [1.29, 1.82) is 0 Å². The predicted octanol–water partition coefficient (Wildman–Crippen LogP) is 3.26. The SMILES string of the molecule is COC(=O)/C=C/C(=N/N(C)c1ccccc1)c1ccccc1. The number of benzene rings is 2. The lowest BCUT2D eigenvalue weighted by Crippen LogP contribution is -2.13. The van der Waals surface area contributed by atoms with Gasteiger partial charge in [0.25, 0.3) is 0 Å². The average Bonchev–Trinajstić information content (AvgIpc) is 2.59. The largest absolute Gasteiger partial charge is 0.466 e. The van der Waals surface area contributed by atoms with Crippen LogP contribution in [0.15, 0.2) is 77.9 Å². The Balaban J connectivity index is 2.33. The second-order valence-electron chi connectivity index (χ2n) is 4.57. The number of carbonyl (C=O) groups is 1. The minimum atomic E-state index is -0.411. The van der Waals surface area contributed by atoms with Crippen LogP contribution < -0.4 is 5.01 Å². The molecule has 0 N–H and O–H groups in total. The first-order valence-electron chi connectivity index (χ1n) is 6.89. The van der Waals surface area contributed by atoms with Crippen LogP contribution in [-0.2, 0) is 9.53 Å². The van der Waals surface area contributed by atoms with E-state index in [0.29, 0.717) is 5.71 Å². The highest BCUT2D eigenvalue weighted by molar-refractivity contribution is 6.11. The van der Waals surface area contributed by atoms with E-state index in [4.69, 9.17) is 0 Å². The molecule has 0 bridgehead atoms. The molecule has 4 heteroatoms. The third-order valence-electron chi connectivity index (χ3n) is 3.04. The van der Waals surface area contributed by atoms with Crippen LogP contribution in [0.1, 0.15) is 5.56 Å². The lowest BCUT2D eigenvalue weighted by atomic mass is 10.1. The van der Waals surface area contributed by atoms with Gasteiger partial charge in [0.05, 0.1) is 18.5 Å². The van der Waals surface area contributed by atoms with E-state index in [9.17, 15) is 4.79 Å². The van der Waals surface area contributed by atoms with Crippen molar-refractivity contribution in [2.24, 2.45) is 5.10 Å². The van der Waals surface area contributed by atoms with Gasteiger partial charge < -0.3 is 4.74 Å². The van der Waals surface area contributed by atoms with Gasteiger partial charge in [0.15, 0.2) is 0 Å². The molecule has 0 aliphatic heterocycles. The summed E-state index contributed by atoms with van der Waals surface area (Å²) in [4.78, 5) is 11.3. The molecule has 0 saturated carbocycles. The highest BCUT2D eigenvalue weighted by Crippen LogP contribution is 2.13. The fraction of sp³-hybridized carbons (Fsp3) is 0.111. The average molecular weight is 294 g/mol. The molecule has 0 aromatic heterocycles. The van der Waals surface area contributed by atoms with Gasteiger partial charge in [0.2, 0.25) is 0 Å². The Bertz CT molecular complexity index is 664. The third-order valence-corrected chi connectivity index (χ3v) is 3.04. The van der Waals surface area contributed by atoms with Gasteiger partial charge in [-0.15, -0.1) is 0 Å². The van der Waals surface area contributed by atoms with E-state index in [2.05, 4.69) is 9.84 Å². The minimum Gasteiger partial charge on any atom is -0.466 e. The van der Waals surface area contributed by atoms with E-state index in [0.717, 1.165) is 11.3 Å². The van der Waals surface area contributed by atoms with Crippen molar-refractivity contribution in [2.75, 3.05) is 19.2 Å². The zero-order valence-corrected chi connectivity index (χ0v) is 12.6. The summed E-state index contributed by atoms with van der Waals surface area (Å²) in [6.07, 6.45) is 3.02. The summed E-state index contributed by atoms with van der Waals surface area (Å²) >= 11 is 0. The molecule has 0 saturated heterocycles. The fourth-order valence-electron chi connectivity index (χ4n) is 1.87. The first kappa shape index (κ1) is 15.5. The van der Waals surface area contributed by atoms with Gasteiger partial charge in [0.1, 0.15) is 0 Å². The molecule has 0 atom stereocenters. The summed E-state index contributed by atoms with van der Waals surface area (Å²) in [5.41, 5.74) is 2.56. The number of para-hydroxylation sites is 1. The van der Waals surface area contributed by atoms with Crippen molar-refractivity contribution in [3.63, 3.8) is 0 Å². The molecule has 22 heavy (non-hydrogen) atoms. The van der Waals surface area contributed by atoms with Crippen molar-refractivity contribution in [3.8, 4) is 0 Å². The topological polar surface area (TPSA) is 41.9 Å². The van der Waals surface area contributed by atoms with Crippen molar-refractivity contribution >= 4 is 17.4 Å². The summed E-state index contributed by atoms with van der Waals surface area (Å²) in [5.74, 6) is -0.411. The standard InChI is InChI=1S/C18H18N2O2/c1-20(16-11-7-4-8-12-16)19-17(13-14-18(21)22-2)15-9-5-3-6-10-15/h3-14H,1-2H3/b14-13+,19-17-. The lowest BCUT2D eigenvalue weighted by molar-refractivity contribution is -0.134. The van der Waals surface area contributed by atoms with Gasteiger partial charge in [-0.25, -0.2) is 4.79 Å². The first-order chi connectivity index (χ1) is 10.7. The van der Waals surface area contributed by atoms with Crippen LogP contribution in [-0.4, -0.2) is 25.8 Å². The lowest BCUT2D eigenvalue weighted by Gasteiger charge is -2.14. The van der Waals surface area contributed by atoms with Crippen LogP contribution in [0.25, 0.3) is 0 Å². The number of hydrogen-bond donors (Lipinski definition) is 0. The minimum absolute atomic E-state index is 0.411. The fourth-order valence-corrected chi connectivity index (χ4v) is 1.87. The highest BCUT2D eigenvalue weighted by Gasteiger charge is 2.04. The third kappa shape index (κ3) is 4.31. The van der Waals surface area contributed by atoms with Gasteiger partial charge in [0, 0.05) is 18.7 Å². The van der Waals surface area contributed by atoms with E-state index >= 15 is 0 Å². The van der Waals surface area contributed by atoms with Crippen LogP contribution in [0.2, 0.25) is 0 Å². The highest BCUT2D eigenvalue weighted by atomic mass is 16.5. The van der Waals surface area contributed by atoms with Crippen molar-refractivity contribution in [1.82, 2.24) is 0 Å². The van der Waals surface area contributed by atoms with Crippen LogP contribution in [0.5, 0.6) is 0 Å². The Labute approximate surface area is 130 Å². The summed E-state index contributed by atoms with van der Waals surface area (Å²) in [6, 6.07) is 19.5. The number of hydrogen-bond acceptors (Lipinski definition) is 4. The number of methoxy groups -OCH3 is 1. The molecule has 0 unspecified atom stereocenters. The second-order valence-corrected chi connectivity index (χ2v) is 4.57. The van der Waals surface area contributed by atoms with Gasteiger partial charge in [-0.2, -0.15) is 5.10 Å². The van der Waals surface area contributed by atoms with Gasteiger partial charge in [-0.1, -0.05) is 48.5 Å². The number of rotatable bonds is 5. The van der Waals surface area contributed by atoms with Gasteiger partial charge in [-0.3, -0.25) is 5.01 Å². The molecule has 0 aliphatic carbocycles. The Morgan fingerprint density at radius 3 is 2.18 bits per heavy atom. The van der Waals surface area contributed by atoms with Crippen molar-refractivity contribution < 1.29 is 9.53 Å². The zero-order chi connectivity index (χ0) is 15.8. The van der Waals surface area contributed by atoms with E-state index in [-0.39, 0.29) is 0 Å². The van der Waals surface area contributed by atoms with E-state index < -0.39 is 5.97 Å². The second kappa shape index (κ2) is 7.78. The smallest absolute Gasteiger partial charge is 0.330 e. The van der Waals surface area contributed by atoms with Crippen molar-refractivity contribution in [3.05, 3.63) is 78.4 Å². The number of hydrazone groups is 1. The first-order valence-corrected chi connectivity index (χ1v) is 6.89. The molecule has 0 heterocycles. The molecular formula is C18H18N2O2. The number of esters is 1. The van der Waals surface area contributed by atoms with Crippen molar-refractivity contribution in [2.45, 2.75) is 0 Å². The molecule has 112 valence electrons. The maximum Gasteiger partial charge on any atom is 0.330 e. The summed E-state index contributed by atoms with van der Waals surface area (Å²) in [6.45, 7) is 0. The molecule has 2 aromatic rings. The number of anilines is 1. The molecule has 0 radical (unpaired) electrons. The van der Waals surface area contributed by atoms with Crippen LogP contribution >= 0.6 is 0 Å². The van der Waals surface area contributed by atoms with Gasteiger partial charge in [-0.05, 0) is 18.2 Å². The van der Waals surface area contributed by atoms with E-state index in [1.165, 1.54) is 13.2 Å². The molecule has 0 amide bonds. The number of ether oxygens (including phenoxy) is 1. The number of nitrogens with zero attached hydrogens (tertiary/aromatic N) is 2. The quantitative estimate of drug-likeness (QED) is 0.368. The molecule has 0 fully saturated rings. The Kier molecular flexibility index (Phi) is 5.49. The predicted molar refractivity (Wildman–Crippen MR) is 89.0 cm³/mol. The molecule has 2 aromatic carbocycles. The summed E-state index contributed by atoms with van der Waals surface area (Å²) in [7, 11) is 3.21. The molecule has 0 aliphatic rings. The number of allylic oxidation sites excluding steroid dienone is 1. The van der Waals surface area contributed by atoms with E-state index in [1.807, 2.05) is 67.7 Å². The van der Waals surface area contributed by atoms with Gasteiger partial charge >= 0.3 is 5.97 Å². The maximum atomic E-state index is 11.3. The molecular weight excluding hydrogens is 276 g/mol. The Hall–Kier alpha value is -2.88. The molecule has 0 spiro atoms. The normalized spacial score (nSPS) is 11.5.